The third-order valence-electron chi connectivity index (χ3n) is 6.50. The summed E-state index contributed by atoms with van der Waals surface area (Å²) in [6.45, 7) is 0.427. The largest absolute Gasteiger partial charge is 0.481 e. The van der Waals surface area contributed by atoms with Gasteiger partial charge in [-0.25, -0.2) is 4.79 Å². The summed E-state index contributed by atoms with van der Waals surface area (Å²) in [7, 11) is 3.61. The summed E-state index contributed by atoms with van der Waals surface area (Å²) in [5.74, 6) is -1.87. The Balaban J connectivity index is 1.38. The minimum Gasteiger partial charge on any atom is -0.481 e. The number of nitrogens with one attached hydrogen (secondary N) is 2. The fourth-order valence-corrected chi connectivity index (χ4v) is 4.82. The van der Waals surface area contributed by atoms with E-state index in [0.717, 1.165) is 22.3 Å². The Hall–Kier alpha value is -3.65. The summed E-state index contributed by atoms with van der Waals surface area (Å²) in [5.41, 5.74) is 4.51. The summed E-state index contributed by atoms with van der Waals surface area (Å²) >= 11 is 0. The number of likely N-dealkylation sites (N-methyl/N-ethyl adjacent to an activating group) is 1. The van der Waals surface area contributed by atoms with Gasteiger partial charge in [0.05, 0.1) is 5.92 Å². The minimum atomic E-state index is -0.879. The highest BCUT2D eigenvalue weighted by molar-refractivity contribution is 5.86. The number of benzene rings is 2. The molecule has 0 saturated heterocycles. The zero-order valence-electron chi connectivity index (χ0n) is 19.9. The highest BCUT2D eigenvalue weighted by Crippen LogP contribution is 2.44. The van der Waals surface area contributed by atoms with Crippen molar-refractivity contribution in [3.63, 3.8) is 0 Å². The van der Waals surface area contributed by atoms with Crippen LogP contribution in [-0.4, -0.2) is 67.3 Å². The number of carbonyl (C=O) groups excluding carboxylic acids is 2. The minimum absolute atomic E-state index is 0.0744. The molecule has 0 bridgehead atoms. The lowest BCUT2D eigenvalue weighted by Gasteiger charge is -2.27. The molecule has 8 nitrogen and oxygen atoms in total. The molecule has 2 amide bonds. The van der Waals surface area contributed by atoms with Gasteiger partial charge in [-0.2, -0.15) is 0 Å². The first-order valence-electron chi connectivity index (χ1n) is 11.8. The number of hydrogen-bond donors (Lipinski definition) is 3. The number of amides is 2. The maximum atomic E-state index is 13.0. The van der Waals surface area contributed by atoms with Crippen molar-refractivity contribution in [2.24, 2.45) is 5.92 Å². The molecule has 4 rings (SSSR count). The highest BCUT2D eigenvalue weighted by atomic mass is 16.5. The van der Waals surface area contributed by atoms with Crippen LogP contribution in [0.2, 0.25) is 0 Å². The number of alkyl carbamates (subject to hydrolysis) is 1. The molecule has 35 heavy (non-hydrogen) atoms. The quantitative estimate of drug-likeness (QED) is 0.505. The summed E-state index contributed by atoms with van der Waals surface area (Å²) in [6.07, 6.45) is 3.67. The maximum absolute atomic E-state index is 13.0. The molecule has 2 aliphatic carbocycles. The first-order chi connectivity index (χ1) is 16.8. The van der Waals surface area contributed by atoms with Gasteiger partial charge in [0.15, 0.2) is 0 Å². The summed E-state index contributed by atoms with van der Waals surface area (Å²) < 4.78 is 5.60. The number of allylic oxidation sites excluding steroid dienone is 1. The molecule has 0 radical (unpaired) electrons. The van der Waals surface area contributed by atoms with Crippen molar-refractivity contribution in [2.45, 2.75) is 30.8 Å². The third-order valence-corrected chi connectivity index (χ3v) is 6.50. The van der Waals surface area contributed by atoms with Crippen molar-refractivity contribution in [1.82, 2.24) is 15.5 Å². The van der Waals surface area contributed by atoms with E-state index < -0.39 is 30.1 Å². The van der Waals surface area contributed by atoms with Gasteiger partial charge in [0.2, 0.25) is 5.91 Å². The van der Waals surface area contributed by atoms with E-state index in [1.165, 1.54) is 0 Å². The Labute approximate surface area is 205 Å². The molecule has 0 heterocycles. The van der Waals surface area contributed by atoms with E-state index >= 15 is 0 Å². The summed E-state index contributed by atoms with van der Waals surface area (Å²) in [5, 5.41) is 14.8. The molecule has 0 spiro atoms. The summed E-state index contributed by atoms with van der Waals surface area (Å²) in [4.78, 5) is 38.8. The lowest BCUT2D eigenvalue weighted by Crippen LogP contribution is -2.54. The first-order valence-corrected chi connectivity index (χ1v) is 11.8. The first kappa shape index (κ1) is 24.5. The fraction of sp³-hybridized carbons (Fsp3) is 0.370. The molecular weight excluding hydrogens is 446 g/mol. The van der Waals surface area contributed by atoms with Gasteiger partial charge in [-0.3, -0.25) is 9.59 Å². The monoisotopic (exact) mass is 477 g/mol. The van der Waals surface area contributed by atoms with Crippen molar-refractivity contribution >= 4 is 18.0 Å². The van der Waals surface area contributed by atoms with Crippen molar-refractivity contribution in [2.75, 3.05) is 27.2 Å². The lowest BCUT2D eigenvalue weighted by molar-refractivity contribution is -0.142. The Morgan fingerprint density at radius 1 is 1.06 bits per heavy atom. The van der Waals surface area contributed by atoms with Crippen LogP contribution in [0, 0.1) is 5.92 Å². The Kier molecular flexibility index (Phi) is 7.51. The van der Waals surface area contributed by atoms with Gasteiger partial charge in [-0.05, 0) is 49.2 Å². The molecule has 3 atom stereocenters. The predicted molar refractivity (Wildman–Crippen MR) is 132 cm³/mol. The highest BCUT2D eigenvalue weighted by Gasteiger charge is 2.31. The molecule has 0 aromatic heterocycles. The van der Waals surface area contributed by atoms with Crippen molar-refractivity contribution < 1.29 is 24.2 Å². The molecule has 184 valence electrons. The SMILES string of the molecule is CN(C)C[C@H](NC(=O)OCC1c2ccccc2-c2ccccc21)C(=O)N[C@@H]1C=CC[C@@H](C(=O)O)C1. The van der Waals surface area contributed by atoms with Gasteiger partial charge in [-0.15, -0.1) is 0 Å². The van der Waals surface area contributed by atoms with E-state index in [-0.39, 0.29) is 25.0 Å². The van der Waals surface area contributed by atoms with Gasteiger partial charge < -0.3 is 25.4 Å². The van der Waals surface area contributed by atoms with Crippen LogP contribution < -0.4 is 10.6 Å². The van der Waals surface area contributed by atoms with E-state index in [4.69, 9.17) is 4.74 Å². The molecule has 2 aromatic rings. The van der Waals surface area contributed by atoms with Gasteiger partial charge in [0, 0.05) is 18.5 Å². The van der Waals surface area contributed by atoms with Crippen LogP contribution in [0.4, 0.5) is 4.79 Å². The average Bonchev–Trinajstić information content (AvgIpc) is 3.16. The number of hydrogen-bond acceptors (Lipinski definition) is 5. The number of rotatable bonds is 8. The van der Waals surface area contributed by atoms with Gasteiger partial charge in [0.25, 0.3) is 0 Å². The predicted octanol–water partition coefficient (Wildman–Crippen LogP) is 2.99. The molecule has 0 unspecified atom stereocenters. The van der Waals surface area contributed by atoms with Crippen LogP contribution in [0.5, 0.6) is 0 Å². The molecule has 3 N–H and O–H groups in total. The van der Waals surface area contributed by atoms with E-state index in [1.54, 1.807) is 31.1 Å². The molecular formula is C27H31N3O5. The number of ether oxygens (including phenoxy) is 1. The van der Waals surface area contributed by atoms with Gasteiger partial charge in [-0.1, -0.05) is 60.7 Å². The van der Waals surface area contributed by atoms with Crippen molar-refractivity contribution in [3.05, 3.63) is 71.8 Å². The van der Waals surface area contributed by atoms with Crippen LogP contribution in [0.15, 0.2) is 60.7 Å². The standard InChI is InChI=1S/C27H31N3O5/c1-30(2)15-24(25(31)28-18-9-7-8-17(14-18)26(32)33)29-27(34)35-16-23-21-12-5-3-10-19(21)20-11-4-6-13-22(20)23/h3-7,9-13,17-18,23-24H,8,14-16H2,1-2H3,(H,28,31)(H,29,34)(H,32,33)/t17-,18-,24+/m1/s1. The van der Waals surface area contributed by atoms with E-state index in [2.05, 4.69) is 22.8 Å². The van der Waals surface area contributed by atoms with Gasteiger partial charge >= 0.3 is 12.1 Å². The van der Waals surface area contributed by atoms with Crippen LogP contribution in [0.1, 0.15) is 29.9 Å². The Bertz CT molecular complexity index is 1080. The lowest BCUT2D eigenvalue weighted by atomic mass is 9.91. The van der Waals surface area contributed by atoms with Crippen molar-refractivity contribution in [3.8, 4) is 11.1 Å². The zero-order chi connectivity index (χ0) is 24.9. The maximum Gasteiger partial charge on any atom is 0.407 e. The number of aliphatic carboxylic acids is 1. The van der Waals surface area contributed by atoms with Crippen LogP contribution in [-0.2, 0) is 14.3 Å². The average molecular weight is 478 g/mol. The second-order valence-corrected chi connectivity index (χ2v) is 9.33. The van der Waals surface area contributed by atoms with E-state index in [0.29, 0.717) is 12.8 Å². The normalized spacial score (nSPS) is 19.5. The molecule has 2 aliphatic rings. The van der Waals surface area contributed by atoms with Crippen LogP contribution in [0.3, 0.4) is 0 Å². The second kappa shape index (κ2) is 10.7. The molecule has 0 saturated carbocycles. The summed E-state index contributed by atoms with van der Waals surface area (Å²) in [6, 6.07) is 14.9. The van der Waals surface area contributed by atoms with E-state index in [9.17, 15) is 19.5 Å². The Morgan fingerprint density at radius 3 is 2.29 bits per heavy atom. The molecule has 0 fully saturated rings. The second-order valence-electron chi connectivity index (χ2n) is 9.33. The third kappa shape index (κ3) is 5.71. The smallest absolute Gasteiger partial charge is 0.407 e. The van der Waals surface area contributed by atoms with Gasteiger partial charge in [0.1, 0.15) is 12.6 Å². The number of carboxylic acid groups (broad SMARTS) is 1. The number of carboxylic acids is 1. The van der Waals surface area contributed by atoms with Crippen LogP contribution >= 0.6 is 0 Å². The molecule has 8 heteroatoms. The number of nitrogens with zero attached hydrogens (tertiary/aromatic N) is 1. The molecule has 0 aliphatic heterocycles. The zero-order valence-corrected chi connectivity index (χ0v) is 19.9. The van der Waals surface area contributed by atoms with E-state index in [1.807, 2.05) is 36.4 Å². The fourth-order valence-electron chi connectivity index (χ4n) is 4.82. The molecule has 2 aromatic carbocycles. The number of carbonyl (C=O) groups is 3. The topological polar surface area (TPSA) is 108 Å². The Morgan fingerprint density at radius 2 is 1.69 bits per heavy atom. The van der Waals surface area contributed by atoms with Crippen molar-refractivity contribution in [1.29, 1.82) is 0 Å². The number of fused-ring (bicyclic) bond motifs is 3. The van der Waals surface area contributed by atoms with Crippen LogP contribution in [0.25, 0.3) is 11.1 Å².